The van der Waals surface area contributed by atoms with Crippen molar-refractivity contribution in [1.82, 2.24) is 15.1 Å². The smallest absolute Gasteiger partial charge is 0.306 e. The first kappa shape index (κ1) is 17.4. The summed E-state index contributed by atoms with van der Waals surface area (Å²) in [6.07, 6.45) is 2.07. The number of hydrogen-bond acceptors (Lipinski definition) is 6. The van der Waals surface area contributed by atoms with Gasteiger partial charge in [0.15, 0.2) is 0 Å². The molecule has 0 bridgehead atoms. The molecule has 0 amide bonds. The molecule has 0 aliphatic rings. The molecule has 2 aromatic heterocycles. The lowest BCUT2D eigenvalue weighted by Crippen LogP contribution is -2.06. The summed E-state index contributed by atoms with van der Waals surface area (Å²) in [5, 5.41) is 4.72. The Bertz CT molecular complexity index is 869. The molecular formula is C17H13Cl2N3O3. The number of rotatable bonds is 6. The van der Waals surface area contributed by atoms with E-state index in [2.05, 4.69) is 15.1 Å². The monoisotopic (exact) mass is 377 g/mol. The van der Waals surface area contributed by atoms with Crippen LogP contribution in [0.1, 0.15) is 17.9 Å². The van der Waals surface area contributed by atoms with Gasteiger partial charge in [-0.3, -0.25) is 9.78 Å². The molecule has 0 saturated heterocycles. The van der Waals surface area contributed by atoms with Crippen molar-refractivity contribution in [2.45, 2.75) is 19.4 Å². The van der Waals surface area contributed by atoms with Gasteiger partial charge in [-0.1, -0.05) is 40.5 Å². The number of ether oxygens (including phenoxy) is 1. The molecule has 2 heterocycles. The standard InChI is InChI=1S/C17H13Cl2N3O3/c18-12-5-4-11(9-13(12)19)10-24-16(23)7-6-15-21-17(22-25-15)14-3-1-2-8-20-14/h1-5,8-9H,6-7,10H2. The van der Waals surface area contributed by atoms with Crippen LogP contribution in [0.4, 0.5) is 0 Å². The fourth-order valence-corrected chi connectivity index (χ4v) is 2.35. The van der Waals surface area contributed by atoms with Crippen LogP contribution in [0.3, 0.4) is 0 Å². The van der Waals surface area contributed by atoms with Gasteiger partial charge in [0.05, 0.1) is 16.5 Å². The first-order valence-corrected chi connectivity index (χ1v) is 8.21. The molecule has 0 unspecified atom stereocenters. The van der Waals surface area contributed by atoms with Crippen molar-refractivity contribution >= 4 is 29.2 Å². The normalized spacial score (nSPS) is 10.6. The highest BCUT2D eigenvalue weighted by molar-refractivity contribution is 6.42. The molecule has 1 aromatic carbocycles. The Hall–Kier alpha value is -2.44. The van der Waals surface area contributed by atoms with Gasteiger partial charge in [0.1, 0.15) is 12.3 Å². The minimum absolute atomic E-state index is 0.124. The van der Waals surface area contributed by atoms with E-state index >= 15 is 0 Å². The minimum atomic E-state index is -0.372. The molecule has 0 spiro atoms. The molecule has 0 N–H and O–H groups in total. The first-order chi connectivity index (χ1) is 12.1. The van der Waals surface area contributed by atoms with Gasteiger partial charge in [-0.05, 0) is 29.8 Å². The van der Waals surface area contributed by atoms with Gasteiger partial charge in [0, 0.05) is 12.6 Å². The van der Waals surface area contributed by atoms with Crippen molar-refractivity contribution in [2.24, 2.45) is 0 Å². The van der Waals surface area contributed by atoms with E-state index in [4.69, 9.17) is 32.5 Å². The molecule has 0 aliphatic carbocycles. The molecule has 0 radical (unpaired) electrons. The molecule has 25 heavy (non-hydrogen) atoms. The van der Waals surface area contributed by atoms with E-state index in [9.17, 15) is 4.79 Å². The highest BCUT2D eigenvalue weighted by Crippen LogP contribution is 2.23. The number of halogens is 2. The van der Waals surface area contributed by atoms with Gasteiger partial charge in [0.25, 0.3) is 0 Å². The van der Waals surface area contributed by atoms with Gasteiger partial charge >= 0.3 is 5.97 Å². The lowest BCUT2D eigenvalue weighted by Gasteiger charge is -2.05. The average molecular weight is 378 g/mol. The zero-order valence-corrected chi connectivity index (χ0v) is 14.5. The van der Waals surface area contributed by atoms with Crippen LogP contribution in [0.15, 0.2) is 47.1 Å². The van der Waals surface area contributed by atoms with Crippen LogP contribution in [0.2, 0.25) is 10.0 Å². The lowest BCUT2D eigenvalue weighted by molar-refractivity contribution is -0.145. The Morgan fingerprint density at radius 2 is 2.04 bits per heavy atom. The molecule has 8 heteroatoms. The Balaban J connectivity index is 1.49. The predicted octanol–water partition coefficient (Wildman–Crippen LogP) is 4.11. The van der Waals surface area contributed by atoms with Gasteiger partial charge in [-0.2, -0.15) is 4.98 Å². The second-order valence-corrected chi connectivity index (χ2v) is 5.95. The molecule has 3 aromatic rings. The van der Waals surface area contributed by atoms with E-state index in [-0.39, 0.29) is 19.0 Å². The maximum atomic E-state index is 11.8. The molecule has 0 fully saturated rings. The number of esters is 1. The number of carbonyl (C=O) groups is 1. The van der Waals surface area contributed by atoms with Crippen molar-refractivity contribution in [3.05, 3.63) is 64.1 Å². The molecule has 0 saturated carbocycles. The Morgan fingerprint density at radius 3 is 2.80 bits per heavy atom. The topological polar surface area (TPSA) is 78.1 Å². The zero-order valence-electron chi connectivity index (χ0n) is 13.0. The molecular weight excluding hydrogens is 365 g/mol. The largest absolute Gasteiger partial charge is 0.461 e. The third-order valence-electron chi connectivity index (χ3n) is 3.29. The molecule has 3 rings (SSSR count). The molecule has 0 aliphatic heterocycles. The summed E-state index contributed by atoms with van der Waals surface area (Å²) in [4.78, 5) is 20.2. The van der Waals surface area contributed by atoms with Crippen LogP contribution in [0.25, 0.3) is 11.5 Å². The van der Waals surface area contributed by atoms with Crippen LogP contribution >= 0.6 is 23.2 Å². The number of nitrogens with zero attached hydrogens (tertiary/aromatic N) is 3. The minimum Gasteiger partial charge on any atom is -0.461 e. The zero-order chi connectivity index (χ0) is 17.6. The van der Waals surface area contributed by atoms with Crippen molar-refractivity contribution in [3.8, 4) is 11.5 Å². The fraction of sp³-hybridized carbons (Fsp3) is 0.176. The van der Waals surface area contributed by atoms with E-state index in [1.807, 2.05) is 6.07 Å². The maximum absolute atomic E-state index is 11.8. The number of pyridine rings is 1. The van der Waals surface area contributed by atoms with Crippen LogP contribution in [-0.2, 0) is 22.6 Å². The van der Waals surface area contributed by atoms with Gasteiger partial charge in [0.2, 0.25) is 11.7 Å². The first-order valence-electron chi connectivity index (χ1n) is 7.45. The third kappa shape index (κ3) is 4.78. The van der Waals surface area contributed by atoms with E-state index in [0.29, 0.717) is 33.9 Å². The summed E-state index contributed by atoms with van der Waals surface area (Å²) in [5.41, 5.74) is 1.37. The number of benzene rings is 1. The van der Waals surface area contributed by atoms with Crippen LogP contribution < -0.4 is 0 Å². The lowest BCUT2D eigenvalue weighted by atomic mass is 10.2. The van der Waals surface area contributed by atoms with Crippen molar-refractivity contribution in [3.63, 3.8) is 0 Å². The number of carbonyl (C=O) groups excluding carboxylic acids is 1. The fourth-order valence-electron chi connectivity index (χ4n) is 2.03. The van der Waals surface area contributed by atoms with Crippen LogP contribution in [0, 0.1) is 0 Å². The number of aromatic nitrogens is 3. The summed E-state index contributed by atoms with van der Waals surface area (Å²) in [5.74, 6) is 0.371. The SMILES string of the molecule is O=C(CCc1nc(-c2ccccn2)no1)OCc1ccc(Cl)c(Cl)c1. The molecule has 0 atom stereocenters. The van der Waals surface area contributed by atoms with E-state index < -0.39 is 0 Å². The van der Waals surface area contributed by atoms with E-state index in [1.54, 1.807) is 36.5 Å². The molecule has 128 valence electrons. The van der Waals surface area contributed by atoms with Crippen LogP contribution in [-0.4, -0.2) is 21.1 Å². The maximum Gasteiger partial charge on any atom is 0.306 e. The quantitative estimate of drug-likeness (QED) is 0.601. The second kappa shape index (κ2) is 8.09. The van der Waals surface area contributed by atoms with Gasteiger partial charge in [-0.25, -0.2) is 0 Å². The predicted molar refractivity (Wildman–Crippen MR) is 92.1 cm³/mol. The van der Waals surface area contributed by atoms with Crippen molar-refractivity contribution in [1.29, 1.82) is 0 Å². The Labute approximate surface area is 153 Å². The Kier molecular flexibility index (Phi) is 5.63. The van der Waals surface area contributed by atoms with E-state index in [0.717, 1.165) is 5.56 Å². The Morgan fingerprint density at radius 1 is 1.16 bits per heavy atom. The summed E-state index contributed by atoms with van der Waals surface area (Å²) < 4.78 is 10.3. The molecule has 6 nitrogen and oxygen atoms in total. The summed E-state index contributed by atoms with van der Waals surface area (Å²) in [6.45, 7) is 0.124. The number of hydrogen-bond donors (Lipinski definition) is 0. The average Bonchev–Trinajstić information content (AvgIpc) is 3.11. The summed E-state index contributed by atoms with van der Waals surface area (Å²) >= 11 is 11.8. The number of aryl methyl sites for hydroxylation is 1. The summed E-state index contributed by atoms with van der Waals surface area (Å²) in [6, 6.07) is 10.5. The third-order valence-corrected chi connectivity index (χ3v) is 4.03. The van der Waals surface area contributed by atoms with Crippen molar-refractivity contribution in [2.75, 3.05) is 0 Å². The van der Waals surface area contributed by atoms with E-state index in [1.165, 1.54) is 0 Å². The van der Waals surface area contributed by atoms with Gasteiger partial charge < -0.3 is 9.26 Å². The second-order valence-electron chi connectivity index (χ2n) is 5.14. The van der Waals surface area contributed by atoms with Crippen LogP contribution in [0.5, 0.6) is 0 Å². The highest BCUT2D eigenvalue weighted by Gasteiger charge is 2.12. The van der Waals surface area contributed by atoms with Gasteiger partial charge in [-0.15, -0.1) is 0 Å². The van der Waals surface area contributed by atoms with Crippen molar-refractivity contribution < 1.29 is 14.1 Å². The summed E-state index contributed by atoms with van der Waals surface area (Å²) in [7, 11) is 0. The highest BCUT2D eigenvalue weighted by atomic mass is 35.5.